The van der Waals surface area contributed by atoms with Crippen molar-refractivity contribution in [2.45, 2.75) is 19.3 Å². The van der Waals surface area contributed by atoms with E-state index in [9.17, 15) is 22.0 Å². The molecule has 0 heterocycles. The van der Waals surface area contributed by atoms with Gasteiger partial charge in [-0.2, -0.15) is 8.78 Å². The minimum atomic E-state index is -2.21. The number of thiocarbonyl (C=S) groups is 1. The highest BCUT2D eigenvalue weighted by Crippen LogP contribution is 2.29. The Morgan fingerprint density at radius 3 is 1.84 bits per heavy atom. The van der Waals surface area contributed by atoms with Crippen molar-refractivity contribution < 1.29 is 26.7 Å². The minimum absolute atomic E-state index is 0.207. The second kappa shape index (κ2) is 6.65. The fourth-order valence-electron chi connectivity index (χ4n) is 1.29. The molecule has 106 valence electrons. The first-order chi connectivity index (χ1) is 8.86. The molecule has 2 N–H and O–H groups in total. The highest BCUT2D eigenvalue weighted by molar-refractivity contribution is 7.80. The van der Waals surface area contributed by atoms with E-state index in [-0.39, 0.29) is 11.6 Å². The summed E-state index contributed by atoms with van der Waals surface area (Å²) in [5, 5.41) is 0. The summed E-state index contributed by atoms with van der Waals surface area (Å²) in [7, 11) is 0. The van der Waals surface area contributed by atoms with Crippen LogP contribution < -0.4 is 10.5 Å². The SMILES string of the molecule is NC(=S)CCCCOc1c(F)c(F)c(F)c(F)c1F. The molecule has 0 aliphatic heterocycles. The van der Waals surface area contributed by atoms with E-state index in [1.54, 1.807) is 0 Å². The van der Waals surface area contributed by atoms with Crippen LogP contribution in [0.4, 0.5) is 22.0 Å². The second-order valence-corrected chi connectivity index (χ2v) is 4.20. The maximum absolute atomic E-state index is 13.2. The van der Waals surface area contributed by atoms with Crippen molar-refractivity contribution in [3.05, 3.63) is 29.1 Å². The highest BCUT2D eigenvalue weighted by Gasteiger charge is 2.26. The van der Waals surface area contributed by atoms with Gasteiger partial charge in [-0.3, -0.25) is 0 Å². The Labute approximate surface area is 111 Å². The maximum Gasteiger partial charge on any atom is 0.206 e. The monoisotopic (exact) mass is 299 g/mol. The van der Waals surface area contributed by atoms with Crippen LogP contribution in [0.3, 0.4) is 0 Å². The topological polar surface area (TPSA) is 35.2 Å². The number of ether oxygens (including phenoxy) is 1. The Balaban J connectivity index is 2.71. The van der Waals surface area contributed by atoms with Crippen LogP contribution >= 0.6 is 12.2 Å². The van der Waals surface area contributed by atoms with Gasteiger partial charge in [0.1, 0.15) is 0 Å². The van der Waals surface area contributed by atoms with Crippen LogP contribution in [-0.4, -0.2) is 11.6 Å². The largest absolute Gasteiger partial charge is 0.487 e. The van der Waals surface area contributed by atoms with Gasteiger partial charge >= 0.3 is 0 Å². The number of unbranched alkanes of at least 4 members (excludes halogenated alkanes) is 1. The molecule has 0 fully saturated rings. The molecule has 0 aliphatic carbocycles. The normalized spacial score (nSPS) is 10.6. The lowest BCUT2D eigenvalue weighted by molar-refractivity contribution is 0.257. The van der Waals surface area contributed by atoms with Gasteiger partial charge < -0.3 is 10.5 Å². The molecular weight excluding hydrogens is 289 g/mol. The van der Waals surface area contributed by atoms with E-state index >= 15 is 0 Å². The number of hydrogen-bond donors (Lipinski definition) is 1. The van der Waals surface area contributed by atoms with E-state index in [1.165, 1.54) is 0 Å². The van der Waals surface area contributed by atoms with Gasteiger partial charge in [0.05, 0.1) is 11.6 Å². The zero-order valence-electron chi connectivity index (χ0n) is 9.61. The average molecular weight is 299 g/mol. The van der Waals surface area contributed by atoms with Crippen molar-refractivity contribution in [1.29, 1.82) is 0 Å². The predicted molar refractivity (Wildman–Crippen MR) is 62.4 cm³/mol. The van der Waals surface area contributed by atoms with Crippen molar-refractivity contribution in [3.8, 4) is 5.75 Å². The van der Waals surface area contributed by atoms with Gasteiger partial charge in [-0.15, -0.1) is 0 Å². The van der Waals surface area contributed by atoms with Crippen molar-refractivity contribution in [3.63, 3.8) is 0 Å². The fraction of sp³-hybridized carbons (Fsp3) is 0.364. The van der Waals surface area contributed by atoms with E-state index in [1.807, 2.05) is 0 Å². The maximum atomic E-state index is 13.2. The summed E-state index contributed by atoms with van der Waals surface area (Å²) in [6.07, 6.45) is 1.22. The zero-order chi connectivity index (χ0) is 14.6. The third-order valence-electron chi connectivity index (χ3n) is 2.23. The Hall–Kier alpha value is -1.44. The van der Waals surface area contributed by atoms with E-state index in [2.05, 4.69) is 17.0 Å². The highest BCUT2D eigenvalue weighted by atomic mass is 32.1. The summed E-state index contributed by atoms with van der Waals surface area (Å²) >= 11 is 4.60. The smallest absolute Gasteiger partial charge is 0.206 e. The quantitative estimate of drug-likeness (QED) is 0.288. The summed E-state index contributed by atoms with van der Waals surface area (Å²) in [5.74, 6) is -11.5. The summed E-state index contributed by atoms with van der Waals surface area (Å²) in [4.78, 5) is 0.274. The van der Waals surface area contributed by atoms with E-state index in [0.29, 0.717) is 19.3 Å². The zero-order valence-corrected chi connectivity index (χ0v) is 10.4. The van der Waals surface area contributed by atoms with Crippen LogP contribution in [0, 0.1) is 29.1 Å². The van der Waals surface area contributed by atoms with Crippen molar-refractivity contribution in [2.75, 3.05) is 6.61 Å². The first-order valence-corrected chi connectivity index (χ1v) is 5.69. The lowest BCUT2D eigenvalue weighted by atomic mass is 10.2. The molecule has 2 nitrogen and oxygen atoms in total. The molecule has 1 aromatic carbocycles. The molecule has 8 heteroatoms. The molecule has 0 aromatic heterocycles. The molecule has 1 aromatic rings. The molecule has 0 spiro atoms. The van der Waals surface area contributed by atoms with Crippen molar-refractivity contribution >= 4 is 17.2 Å². The molecule has 0 bridgehead atoms. The van der Waals surface area contributed by atoms with E-state index in [4.69, 9.17) is 5.73 Å². The van der Waals surface area contributed by atoms with Gasteiger partial charge in [0.25, 0.3) is 0 Å². The van der Waals surface area contributed by atoms with Crippen LogP contribution in [0.1, 0.15) is 19.3 Å². The second-order valence-electron chi connectivity index (χ2n) is 3.67. The number of hydrogen-bond acceptors (Lipinski definition) is 2. The first kappa shape index (κ1) is 15.6. The van der Waals surface area contributed by atoms with Gasteiger partial charge in [0, 0.05) is 0 Å². The average Bonchev–Trinajstić information content (AvgIpc) is 2.37. The molecule has 0 unspecified atom stereocenters. The van der Waals surface area contributed by atoms with E-state index < -0.39 is 34.8 Å². The van der Waals surface area contributed by atoms with Crippen LogP contribution in [-0.2, 0) is 0 Å². The van der Waals surface area contributed by atoms with Crippen LogP contribution in [0.25, 0.3) is 0 Å². The Kier molecular flexibility index (Phi) is 5.46. The Bertz CT molecular complexity index is 465. The molecular formula is C11H10F5NOS. The number of halogens is 5. The summed E-state index contributed by atoms with van der Waals surface area (Å²) < 4.78 is 69.2. The molecule has 0 amide bonds. The summed E-state index contributed by atoms with van der Waals surface area (Å²) in [6.45, 7) is -0.207. The molecule has 0 saturated carbocycles. The molecule has 0 saturated heterocycles. The number of nitrogens with two attached hydrogens (primary N) is 1. The van der Waals surface area contributed by atoms with Crippen LogP contribution in [0.15, 0.2) is 0 Å². The van der Waals surface area contributed by atoms with Crippen LogP contribution in [0.2, 0.25) is 0 Å². The third-order valence-corrected chi connectivity index (χ3v) is 2.44. The molecule has 19 heavy (non-hydrogen) atoms. The summed E-state index contributed by atoms with van der Waals surface area (Å²) in [5.41, 5.74) is 5.22. The molecule has 0 aliphatic rings. The van der Waals surface area contributed by atoms with Gasteiger partial charge in [0.15, 0.2) is 5.75 Å². The van der Waals surface area contributed by atoms with Gasteiger partial charge in [-0.25, -0.2) is 13.2 Å². The molecule has 1 rings (SSSR count). The summed E-state index contributed by atoms with van der Waals surface area (Å²) in [6, 6.07) is 0. The predicted octanol–water partition coefficient (Wildman–Crippen LogP) is 3.22. The first-order valence-electron chi connectivity index (χ1n) is 5.28. The number of benzene rings is 1. The molecule has 0 atom stereocenters. The van der Waals surface area contributed by atoms with Crippen molar-refractivity contribution in [1.82, 2.24) is 0 Å². The minimum Gasteiger partial charge on any atom is -0.487 e. The lowest BCUT2D eigenvalue weighted by Crippen LogP contribution is -2.10. The van der Waals surface area contributed by atoms with E-state index in [0.717, 1.165) is 0 Å². The van der Waals surface area contributed by atoms with Gasteiger partial charge in [-0.1, -0.05) is 12.2 Å². The fourth-order valence-corrected chi connectivity index (χ4v) is 1.43. The Morgan fingerprint density at radius 2 is 1.37 bits per heavy atom. The number of rotatable bonds is 6. The van der Waals surface area contributed by atoms with Crippen LogP contribution in [0.5, 0.6) is 5.75 Å². The standard InChI is InChI=1S/C11H10F5NOS/c12-6-7(13)9(15)11(10(16)8(6)14)18-4-2-1-3-5(17)19/h1-4H2,(H2,17,19). The molecule has 0 radical (unpaired) electrons. The lowest BCUT2D eigenvalue weighted by Gasteiger charge is -2.10. The Morgan fingerprint density at radius 1 is 0.895 bits per heavy atom. The van der Waals surface area contributed by atoms with Crippen molar-refractivity contribution in [2.24, 2.45) is 5.73 Å². The third kappa shape index (κ3) is 3.76. The van der Waals surface area contributed by atoms with Gasteiger partial charge in [-0.05, 0) is 19.3 Å². The van der Waals surface area contributed by atoms with Gasteiger partial charge in [0.2, 0.25) is 29.1 Å².